The number of carboxylic acid groups (broad SMARTS) is 1. The van der Waals surface area contributed by atoms with E-state index in [0.29, 0.717) is 17.7 Å². The first-order valence-corrected chi connectivity index (χ1v) is 13.1. The highest BCUT2D eigenvalue weighted by Gasteiger charge is 2.31. The standard InChI is InChI=1S/C24H37N5O6S/c1-4-14(2)20(26)23(33)27-16(10-11-36-3)21(31)28-17(13-19(25)30)22(32)29-18(24(34)35)12-15-8-6-5-7-9-15/h5-9,14,16-18,20H,4,10-13,26H2,1-3H3,(H2,25,30)(H,27,33)(H,28,31)(H,29,32)(H,34,35). The molecule has 0 spiro atoms. The van der Waals surface area contributed by atoms with E-state index >= 15 is 0 Å². The van der Waals surface area contributed by atoms with Crippen molar-refractivity contribution in [2.75, 3.05) is 12.0 Å². The van der Waals surface area contributed by atoms with E-state index in [2.05, 4.69) is 16.0 Å². The van der Waals surface area contributed by atoms with Crippen molar-refractivity contribution in [2.24, 2.45) is 17.4 Å². The van der Waals surface area contributed by atoms with Crippen molar-refractivity contribution < 1.29 is 29.1 Å². The molecule has 1 aromatic carbocycles. The van der Waals surface area contributed by atoms with Crippen LogP contribution in [0.3, 0.4) is 0 Å². The number of rotatable bonds is 16. The van der Waals surface area contributed by atoms with Crippen LogP contribution in [0.1, 0.15) is 38.7 Å². The van der Waals surface area contributed by atoms with Gasteiger partial charge in [0, 0.05) is 6.42 Å². The minimum absolute atomic E-state index is 0.000934. The summed E-state index contributed by atoms with van der Waals surface area (Å²) in [4.78, 5) is 61.9. The Bertz CT molecular complexity index is 900. The van der Waals surface area contributed by atoms with Crippen LogP contribution >= 0.6 is 11.8 Å². The molecular formula is C24H37N5O6S. The van der Waals surface area contributed by atoms with E-state index in [1.807, 2.05) is 20.1 Å². The Morgan fingerprint density at radius 3 is 2.03 bits per heavy atom. The fraction of sp³-hybridized carbons (Fsp3) is 0.542. The number of benzene rings is 1. The SMILES string of the molecule is CCC(C)C(N)C(=O)NC(CCSC)C(=O)NC(CC(N)=O)C(=O)NC(Cc1ccccc1)C(=O)O. The Balaban J connectivity index is 3.00. The summed E-state index contributed by atoms with van der Waals surface area (Å²) >= 11 is 1.46. The van der Waals surface area contributed by atoms with Crippen molar-refractivity contribution in [1.82, 2.24) is 16.0 Å². The first kappa shape index (κ1) is 30.9. The Morgan fingerprint density at radius 1 is 0.944 bits per heavy atom. The van der Waals surface area contributed by atoms with Gasteiger partial charge in [-0.1, -0.05) is 50.6 Å². The molecule has 0 fully saturated rings. The zero-order chi connectivity index (χ0) is 27.3. The molecule has 0 bridgehead atoms. The smallest absolute Gasteiger partial charge is 0.326 e. The summed E-state index contributed by atoms with van der Waals surface area (Å²) in [5.41, 5.74) is 11.9. The monoisotopic (exact) mass is 523 g/mol. The highest BCUT2D eigenvalue weighted by Crippen LogP contribution is 2.09. The predicted molar refractivity (Wildman–Crippen MR) is 138 cm³/mol. The van der Waals surface area contributed by atoms with Crippen LogP contribution in [0.5, 0.6) is 0 Å². The number of carbonyl (C=O) groups is 5. The summed E-state index contributed by atoms with van der Waals surface area (Å²) < 4.78 is 0. The van der Waals surface area contributed by atoms with Gasteiger partial charge in [-0.05, 0) is 29.9 Å². The molecule has 5 atom stereocenters. The predicted octanol–water partition coefficient (Wildman–Crippen LogP) is -0.230. The summed E-state index contributed by atoms with van der Waals surface area (Å²) in [6, 6.07) is 4.13. The van der Waals surface area contributed by atoms with Crippen LogP contribution in [0, 0.1) is 5.92 Å². The van der Waals surface area contributed by atoms with Gasteiger partial charge in [0.2, 0.25) is 23.6 Å². The fourth-order valence-corrected chi connectivity index (χ4v) is 3.76. The van der Waals surface area contributed by atoms with Gasteiger partial charge < -0.3 is 32.5 Å². The number of nitrogens with two attached hydrogens (primary N) is 2. The van der Waals surface area contributed by atoms with Crippen LogP contribution in [0.4, 0.5) is 0 Å². The van der Waals surface area contributed by atoms with E-state index in [-0.39, 0.29) is 18.8 Å². The summed E-state index contributed by atoms with van der Waals surface area (Å²) in [7, 11) is 0. The lowest BCUT2D eigenvalue weighted by Crippen LogP contribution is -2.58. The van der Waals surface area contributed by atoms with Crippen LogP contribution in [-0.4, -0.2) is 70.9 Å². The quantitative estimate of drug-likeness (QED) is 0.171. The Hall–Kier alpha value is -3.12. The number of carboxylic acids is 1. The van der Waals surface area contributed by atoms with Crippen LogP contribution in [0.2, 0.25) is 0 Å². The first-order valence-electron chi connectivity index (χ1n) is 11.7. The zero-order valence-electron chi connectivity index (χ0n) is 20.9. The van der Waals surface area contributed by atoms with Crippen LogP contribution in [0.15, 0.2) is 30.3 Å². The van der Waals surface area contributed by atoms with Crippen LogP contribution in [-0.2, 0) is 30.4 Å². The van der Waals surface area contributed by atoms with Crippen molar-refractivity contribution in [3.63, 3.8) is 0 Å². The maximum atomic E-state index is 13.0. The molecule has 4 amide bonds. The lowest BCUT2D eigenvalue weighted by atomic mass is 9.99. The lowest BCUT2D eigenvalue weighted by molar-refractivity contribution is -0.142. The van der Waals surface area contributed by atoms with E-state index in [9.17, 15) is 29.1 Å². The van der Waals surface area contributed by atoms with E-state index < -0.39 is 60.2 Å². The molecule has 1 rings (SSSR count). The third kappa shape index (κ3) is 10.6. The van der Waals surface area contributed by atoms with Gasteiger partial charge in [-0.25, -0.2) is 4.79 Å². The molecule has 0 saturated heterocycles. The second kappa shape index (κ2) is 15.8. The van der Waals surface area contributed by atoms with Gasteiger partial charge in [-0.3, -0.25) is 19.2 Å². The van der Waals surface area contributed by atoms with Crippen LogP contribution < -0.4 is 27.4 Å². The van der Waals surface area contributed by atoms with Crippen molar-refractivity contribution in [3.05, 3.63) is 35.9 Å². The second-order valence-electron chi connectivity index (χ2n) is 8.57. The molecule has 8 N–H and O–H groups in total. The minimum atomic E-state index is -1.43. The normalized spacial score (nSPS) is 15.0. The zero-order valence-corrected chi connectivity index (χ0v) is 21.7. The Labute approximate surface area is 215 Å². The largest absolute Gasteiger partial charge is 0.480 e. The van der Waals surface area contributed by atoms with E-state index in [0.717, 1.165) is 0 Å². The van der Waals surface area contributed by atoms with E-state index in [4.69, 9.17) is 11.5 Å². The van der Waals surface area contributed by atoms with E-state index in [1.165, 1.54) is 11.8 Å². The molecule has 200 valence electrons. The molecule has 1 aromatic rings. The molecule has 5 unspecified atom stereocenters. The highest BCUT2D eigenvalue weighted by atomic mass is 32.2. The van der Waals surface area contributed by atoms with Gasteiger partial charge in [0.05, 0.1) is 12.5 Å². The maximum absolute atomic E-state index is 13.0. The van der Waals surface area contributed by atoms with Gasteiger partial charge in [0.25, 0.3) is 0 Å². The molecule has 0 aromatic heterocycles. The summed E-state index contributed by atoms with van der Waals surface area (Å²) in [6.45, 7) is 3.72. The highest BCUT2D eigenvalue weighted by molar-refractivity contribution is 7.98. The number of aliphatic carboxylic acids is 1. The molecule has 12 heteroatoms. The number of carbonyl (C=O) groups excluding carboxylic acids is 4. The Kier molecular flexibility index (Phi) is 13.6. The lowest BCUT2D eigenvalue weighted by Gasteiger charge is -2.25. The Morgan fingerprint density at radius 2 is 1.50 bits per heavy atom. The van der Waals surface area contributed by atoms with Gasteiger partial charge >= 0.3 is 5.97 Å². The van der Waals surface area contributed by atoms with Crippen molar-refractivity contribution in [2.45, 2.75) is 63.7 Å². The summed E-state index contributed by atoms with van der Waals surface area (Å²) in [6.07, 6.45) is 2.21. The number of amides is 4. The van der Waals surface area contributed by atoms with Crippen LogP contribution in [0.25, 0.3) is 0 Å². The van der Waals surface area contributed by atoms with Crippen molar-refractivity contribution in [3.8, 4) is 0 Å². The third-order valence-corrected chi connectivity index (χ3v) is 6.38. The molecule has 0 aliphatic rings. The molecule has 0 aliphatic heterocycles. The van der Waals surface area contributed by atoms with Crippen molar-refractivity contribution >= 4 is 41.4 Å². The molecule has 0 radical (unpaired) electrons. The third-order valence-electron chi connectivity index (χ3n) is 5.74. The molecular weight excluding hydrogens is 486 g/mol. The van der Waals surface area contributed by atoms with E-state index in [1.54, 1.807) is 30.3 Å². The average Bonchev–Trinajstić information content (AvgIpc) is 2.84. The summed E-state index contributed by atoms with van der Waals surface area (Å²) in [5, 5.41) is 17.0. The number of nitrogens with one attached hydrogen (secondary N) is 3. The minimum Gasteiger partial charge on any atom is -0.480 e. The van der Waals surface area contributed by atoms with Gasteiger partial charge in [0.15, 0.2) is 0 Å². The topological polar surface area (TPSA) is 194 Å². The summed E-state index contributed by atoms with van der Waals surface area (Å²) in [5.74, 6) is -3.81. The second-order valence-corrected chi connectivity index (χ2v) is 9.56. The van der Waals surface area contributed by atoms with Gasteiger partial charge in [-0.2, -0.15) is 11.8 Å². The number of primary amides is 1. The fourth-order valence-electron chi connectivity index (χ4n) is 3.29. The molecule has 0 aliphatic carbocycles. The first-order chi connectivity index (χ1) is 17.0. The molecule has 36 heavy (non-hydrogen) atoms. The number of thioether (sulfide) groups is 1. The van der Waals surface area contributed by atoms with Crippen molar-refractivity contribution in [1.29, 1.82) is 0 Å². The molecule has 0 heterocycles. The molecule has 11 nitrogen and oxygen atoms in total. The number of hydrogen-bond acceptors (Lipinski definition) is 7. The van der Waals surface area contributed by atoms with Gasteiger partial charge in [-0.15, -0.1) is 0 Å². The molecule has 0 saturated carbocycles. The van der Waals surface area contributed by atoms with Gasteiger partial charge in [0.1, 0.15) is 18.1 Å². The number of hydrogen-bond donors (Lipinski definition) is 6. The average molecular weight is 524 g/mol. The maximum Gasteiger partial charge on any atom is 0.326 e.